The van der Waals surface area contributed by atoms with Crippen molar-refractivity contribution in [2.75, 3.05) is 5.75 Å². The van der Waals surface area contributed by atoms with Gasteiger partial charge in [0.25, 0.3) is 5.56 Å². The van der Waals surface area contributed by atoms with Gasteiger partial charge < -0.3 is 4.42 Å². The first-order valence-corrected chi connectivity index (χ1v) is 10.7. The second-order valence-electron chi connectivity index (χ2n) is 6.63. The molecule has 138 valence electrons. The van der Waals surface area contributed by atoms with Crippen LogP contribution in [-0.2, 0) is 26.4 Å². The van der Waals surface area contributed by atoms with Crippen LogP contribution in [0.3, 0.4) is 0 Å². The van der Waals surface area contributed by atoms with Gasteiger partial charge in [0, 0.05) is 24.2 Å². The molecule has 4 aromatic rings. The van der Waals surface area contributed by atoms with Gasteiger partial charge in [-0.2, -0.15) is 0 Å². The Bertz CT molecular complexity index is 1300. The quantitative estimate of drug-likeness (QED) is 0.389. The Balaban J connectivity index is 1.43. The highest BCUT2D eigenvalue weighted by atomic mass is 32.2. The highest BCUT2D eigenvalue weighted by Gasteiger charge is 2.22. The molecule has 3 heterocycles. The zero-order valence-corrected chi connectivity index (χ0v) is 16.4. The van der Waals surface area contributed by atoms with E-state index in [0.29, 0.717) is 23.0 Å². The molecule has 0 bridgehead atoms. The molecule has 5 rings (SSSR count). The van der Waals surface area contributed by atoms with Crippen LogP contribution < -0.4 is 11.3 Å². The first kappa shape index (κ1) is 16.8. The lowest BCUT2D eigenvalue weighted by Gasteiger charge is -2.08. The number of rotatable bonds is 4. The lowest BCUT2D eigenvalue weighted by Crippen LogP contribution is -2.21. The molecular weight excluding hydrogens is 382 g/mol. The summed E-state index contributed by atoms with van der Waals surface area (Å²) in [5.41, 5.74) is 2.62. The Morgan fingerprint density at radius 3 is 3.00 bits per heavy atom. The molecule has 0 atom stereocenters. The number of nitrogens with zero attached hydrogens (tertiary/aromatic N) is 3. The summed E-state index contributed by atoms with van der Waals surface area (Å²) in [5.74, 6) is 0.268. The van der Waals surface area contributed by atoms with E-state index < -0.39 is 0 Å². The Morgan fingerprint density at radius 2 is 2.11 bits per heavy atom. The van der Waals surface area contributed by atoms with Crippen LogP contribution in [0.4, 0.5) is 0 Å². The normalized spacial score (nSPS) is 13.7. The summed E-state index contributed by atoms with van der Waals surface area (Å²) < 4.78 is 8.52. The number of oxazole rings is 1. The molecule has 0 saturated heterocycles. The predicted molar refractivity (Wildman–Crippen MR) is 108 cm³/mol. The Labute approximate surface area is 162 Å². The van der Waals surface area contributed by atoms with Crippen molar-refractivity contribution in [2.45, 2.75) is 31.0 Å². The molecule has 0 aliphatic heterocycles. The topological polar surface area (TPSA) is 70.0 Å². The smallest absolute Gasteiger partial charge is 0.408 e. The number of aryl methyl sites for hydroxylation is 3. The van der Waals surface area contributed by atoms with Crippen molar-refractivity contribution in [2.24, 2.45) is 7.05 Å². The van der Waals surface area contributed by atoms with Crippen LogP contribution in [0.25, 0.3) is 21.3 Å². The van der Waals surface area contributed by atoms with E-state index in [1.807, 2.05) is 18.2 Å². The highest BCUT2D eigenvalue weighted by molar-refractivity contribution is 7.99. The molecule has 0 fully saturated rings. The molecule has 0 amide bonds. The van der Waals surface area contributed by atoms with Crippen molar-refractivity contribution in [1.29, 1.82) is 0 Å². The molecule has 6 nitrogen and oxygen atoms in total. The number of fused-ring (bicyclic) bond motifs is 4. The van der Waals surface area contributed by atoms with Gasteiger partial charge in [-0.15, -0.1) is 11.3 Å². The molecule has 0 saturated carbocycles. The van der Waals surface area contributed by atoms with E-state index in [2.05, 4.69) is 0 Å². The molecular formula is C19H17N3O3S2. The third-order valence-corrected chi connectivity index (χ3v) is 7.22. The van der Waals surface area contributed by atoms with Gasteiger partial charge in [0.05, 0.1) is 10.9 Å². The van der Waals surface area contributed by atoms with E-state index in [4.69, 9.17) is 9.40 Å². The molecule has 8 heteroatoms. The van der Waals surface area contributed by atoms with Gasteiger partial charge in [0.2, 0.25) is 0 Å². The van der Waals surface area contributed by atoms with Crippen LogP contribution in [0.15, 0.2) is 43.4 Å². The van der Waals surface area contributed by atoms with Gasteiger partial charge in [0.15, 0.2) is 10.7 Å². The summed E-state index contributed by atoms with van der Waals surface area (Å²) in [6.07, 6.45) is 3.16. The number of hydrogen-bond donors (Lipinski definition) is 0. The van der Waals surface area contributed by atoms with E-state index in [1.165, 1.54) is 22.2 Å². The number of thioether (sulfide) groups is 1. The summed E-state index contributed by atoms with van der Waals surface area (Å²) in [6.45, 7) is 0.495. The lowest BCUT2D eigenvalue weighted by atomic mass is 10.2. The summed E-state index contributed by atoms with van der Waals surface area (Å²) in [7, 11) is 1.77. The van der Waals surface area contributed by atoms with Crippen LogP contribution in [0.2, 0.25) is 0 Å². The fraction of sp³-hybridized carbons (Fsp3) is 0.316. The number of aromatic nitrogens is 3. The Hall–Kier alpha value is -2.32. The zero-order chi connectivity index (χ0) is 18.5. The molecule has 0 spiro atoms. The van der Waals surface area contributed by atoms with Gasteiger partial charge in [-0.25, -0.2) is 9.78 Å². The lowest BCUT2D eigenvalue weighted by molar-refractivity contribution is 0.514. The number of thiophene rings is 1. The minimum Gasteiger partial charge on any atom is -0.408 e. The number of hydrogen-bond acceptors (Lipinski definition) is 6. The molecule has 0 radical (unpaired) electrons. The van der Waals surface area contributed by atoms with Gasteiger partial charge >= 0.3 is 5.76 Å². The zero-order valence-electron chi connectivity index (χ0n) is 14.7. The average molecular weight is 399 g/mol. The van der Waals surface area contributed by atoms with Crippen molar-refractivity contribution in [1.82, 2.24) is 14.1 Å². The van der Waals surface area contributed by atoms with E-state index in [9.17, 15) is 9.59 Å². The minimum absolute atomic E-state index is 0.0350. The van der Waals surface area contributed by atoms with Crippen molar-refractivity contribution in [3.8, 4) is 0 Å². The summed E-state index contributed by atoms with van der Waals surface area (Å²) in [5, 5.41) is 1.49. The monoisotopic (exact) mass is 399 g/mol. The SMILES string of the molecule is Cn1c(SCCn2c(=O)oc3ccccc32)nc2sc3c(c2c1=O)CCC3. The maximum atomic E-state index is 12.8. The van der Waals surface area contributed by atoms with Crippen LogP contribution in [0.5, 0.6) is 0 Å². The Kier molecular flexibility index (Phi) is 3.98. The number of benzene rings is 1. The molecule has 0 unspecified atom stereocenters. The second-order valence-corrected chi connectivity index (χ2v) is 8.78. The molecule has 27 heavy (non-hydrogen) atoms. The van der Waals surface area contributed by atoms with E-state index >= 15 is 0 Å². The van der Waals surface area contributed by atoms with Crippen LogP contribution in [0.1, 0.15) is 16.9 Å². The maximum Gasteiger partial charge on any atom is 0.419 e. The predicted octanol–water partition coefficient (Wildman–Crippen LogP) is 3.18. The van der Waals surface area contributed by atoms with E-state index in [1.54, 1.807) is 33.6 Å². The fourth-order valence-corrected chi connectivity index (χ4v) is 5.89. The summed E-state index contributed by atoms with van der Waals surface area (Å²) in [6, 6.07) is 7.39. The summed E-state index contributed by atoms with van der Waals surface area (Å²) >= 11 is 3.14. The van der Waals surface area contributed by atoms with Crippen molar-refractivity contribution in [3.63, 3.8) is 0 Å². The van der Waals surface area contributed by atoms with Gasteiger partial charge in [-0.3, -0.25) is 13.9 Å². The van der Waals surface area contributed by atoms with Crippen molar-refractivity contribution in [3.05, 3.63) is 55.6 Å². The highest BCUT2D eigenvalue weighted by Crippen LogP contribution is 2.35. The Morgan fingerprint density at radius 1 is 1.26 bits per heavy atom. The fourth-order valence-electron chi connectivity index (χ4n) is 3.69. The first-order chi connectivity index (χ1) is 13.1. The second kappa shape index (κ2) is 6.38. The molecule has 1 aliphatic carbocycles. The first-order valence-electron chi connectivity index (χ1n) is 8.86. The van der Waals surface area contributed by atoms with Crippen LogP contribution >= 0.6 is 23.1 Å². The molecule has 3 aromatic heterocycles. The average Bonchev–Trinajstić information content (AvgIpc) is 3.32. The van der Waals surface area contributed by atoms with Crippen molar-refractivity contribution >= 4 is 44.4 Å². The maximum absolute atomic E-state index is 12.8. The standard InChI is InChI=1S/C19H17N3O3S2/c1-21-17(23)15-11-5-4-8-14(11)27-16(15)20-18(21)26-10-9-22-12-6-2-3-7-13(12)25-19(22)24/h2-3,6-7H,4-5,8-10H2,1H3. The van der Waals surface area contributed by atoms with Crippen LogP contribution in [-0.4, -0.2) is 19.9 Å². The van der Waals surface area contributed by atoms with Crippen molar-refractivity contribution < 1.29 is 4.42 Å². The van der Waals surface area contributed by atoms with Crippen LogP contribution in [0, 0.1) is 0 Å². The van der Waals surface area contributed by atoms with Gasteiger partial charge in [-0.05, 0) is 37.0 Å². The number of para-hydroxylation sites is 2. The van der Waals surface area contributed by atoms with Gasteiger partial charge in [-0.1, -0.05) is 23.9 Å². The van der Waals surface area contributed by atoms with E-state index in [0.717, 1.165) is 35.0 Å². The molecule has 1 aromatic carbocycles. The van der Waals surface area contributed by atoms with E-state index in [-0.39, 0.29) is 11.3 Å². The minimum atomic E-state index is -0.358. The van der Waals surface area contributed by atoms with Gasteiger partial charge in [0.1, 0.15) is 4.83 Å². The summed E-state index contributed by atoms with van der Waals surface area (Å²) in [4.78, 5) is 31.8. The third-order valence-electron chi connectivity index (χ3n) is 5.03. The largest absolute Gasteiger partial charge is 0.419 e. The third kappa shape index (κ3) is 2.66. The molecule has 0 N–H and O–H groups in total. The molecule has 1 aliphatic rings.